The highest BCUT2D eigenvalue weighted by Crippen LogP contribution is 2.40. The summed E-state index contributed by atoms with van der Waals surface area (Å²) in [6, 6.07) is 55.5. The van der Waals surface area contributed by atoms with Crippen molar-refractivity contribution in [2.45, 2.75) is 0 Å². The molecule has 2 heterocycles. The largest absolute Gasteiger partial charge is 0.354 e. The maximum absolute atomic E-state index is 3.73. The number of hydrogen-bond acceptors (Lipinski definition) is 0. The van der Waals surface area contributed by atoms with E-state index in [1.165, 1.54) is 87.2 Å². The van der Waals surface area contributed by atoms with Crippen LogP contribution in [0.1, 0.15) is 0 Å². The van der Waals surface area contributed by atoms with E-state index in [4.69, 9.17) is 0 Å². The van der Waals surface area contributed by atoms with Gasteiger partial charge in [0.15, 0.2) is 0 Å². The first-order valence-corrected chi connectivity index (χ1v) is 15.2. The molecular formula is C42H26N2. The van der Waals surface area contributed by atoms with E-state index in [2.05, 4.69) is 161 Å². The first-order chi connectivity index (χ1) is 21.8. The normalized spacial score (nSPS) is 12.1. The Morgan fingerprint density at radius 2 is 0.841 bits per heavy atom. The molecule has 0 atom stereocenters. The first kappa shape index (κ1) is 23.7. The molecule has 0 aliphatic rings. The van der Waals surface area contributed by atoms with E-state index in [1.54, 1.807) is 0 Å². The van der Waals surface area contributed by atoms with Crippen LogP contribution in [0.5, 0.6) is 0 Å². The topological polar surface area (TPSA) is 20.7 Å². The van der Waals surface area contributed by atoms with Gasteiger partial charge in [-0.15, -0.1) is 0 Å². The van der Waals surface area contributed by atoms with Crippen LogP contribution in [0.3, 0.4) is 0 Å². The van der Waals surface area contributed by atoms with Crippen molar-refractivity contribution >= 4 is 75.9 Å². The second-order valence-corrected chi connectivity index (χ2v) is 11.8. The molecule has 2 nitrogen and oxygen atoms in total. The summed E-state index contributed by atoms with van der Waals surface area (Å²) in [5.41, 5.74) is 8.41. The van der Waals surface area contributed by atoms with Gasteiger partial charge in [-0.1, -0.05) is 97.1 Å². The molecule has 0 fully saturated rings. The van der Waals surface area contributed by atoms with Crippen molar-refractivity contribution in [1.29, 1.82) is 0 Å². The Kier molecular flexibility index (Phi) is 4.75. The average molecular weight is 559 g/mol. The third-order valence-electron chi connectivity index (χ3n) is 9.48. The Labute approximate surface area is 253 Å². The molecule has 0 amide bonds. The molecule has 10 aromatic rings. The van der Waals surface area contributed by atoms with Crippen LogP contribution in [-0.4, -0.2) is 9.55 Å². The van der Waals surface area contributed by atoms with Crippen molar-refractivity contribution in [1.82, 2.24) is 9.55 Å². The number of aromatic amines is 1. The molecule has 0 aliphatic carbocycles. The molecule has 204 valence electrons. The van der Waals surface area contributed by atoms with Crippen molar-refractivity contribution in [3.8, 4) is 16.8 Å². The van der Waals surface area contributed by atoms with E-state index in [-0.39, 0.29) is 0 Å². The Morgan fingerprint density at radius 3 is 1.57 bits per heavy atom. The highest BCUT2D eigenvalue weighted by Gasteiger charge is 2.15. The fourth-order valence-electron chi connectivity index (χ4n) is 7.49. The predicted molar refractivity (Wildman–Crippen MR) is 188 cm³/mol. The minimum Gasteiger partial charge on any atom is -0.354 e. The summed E-state index contributed by atoms with van der Waals surface area (Å²) in [6.07, 6.45) is 0. The summed E-state index contributed by atoms with van der Waals surface area (Å²) in [5, 5.41) is 12.8. The highest BCUT2D eigenvalue weighted by atomic mass is 15.0. The molecule has 0 bridgehead atoms. The quantitative estimate of drug-likeness (QED) is 0.204. The Bertz CT molecular complexity index is 2760. The minimum absolute atomic E-state index is 1.16. The standard InChI is InChI=1S/C42H26N2/c1-2-10-28(11-3-1)44-41-17-9-8-16-33(41)38-23-27(19-21-42(38)44)26-18-20-39-36(22-26)37-24-34-31-14-6-4-12-29(31)30-13-5-7-15-32(30)35(34)25-40(37)43-39/h1-25,43H. The lowest BCUT2D eigenvalue weighted by atomic mass is 9.93. The molecule has 0 radical (unpaired) electrons. The van der Waals surface area contributed by atoms with Gasteiger partial charge >= 0.3 is 0 Å². The zero-order valence-corrected chi connectivity index (χ0v) is 23.9. The molecule has 44 heavy (non-hydrogen) atoms. The lowest BCUT2D eigenvalue weighted by Gasteiger charge is -2.10. The zero-order valence-electron chi connectivity index (χ0n) is 23.9. The van der Waals surface area contributed by atoms with Gasteiger partial charge in [-0.25, -0.2) is 0 Å². The summed E-state index contributed by atoms with van der Waals surface area (Å²) in [6.45, 7) is 0. The van der Waals surface area contributed by atoms with Gasteiger partial charge in [-0.05, 0) is 98.0 Å². The Hall–Kier alpha value is -5.86. The molecular weight excluding hydrogens is 532 g/mol. The van der Waals surface area contributed by atoms with Crippen LogP contribution in [0, 0.1) is 0 Å². The Morgan fingerprint density at radius 1 is 0.318 bits per heavy atom. The monoisotopic (exact) mass is 558 g/mol. The molecule has 2 aromatic heterocycles. The van der Waals surface area contributed by atoms with E-state index in [0.717, 1.165) is 5.52 Å². The second-order valence-electron chi connectivity index (χ2n) is 11.8. The van der Waals surface area contributed by atoms with Crippen LogP contribution in [0.4, 0.5) is 0 Å². The molecule has 10 rings (SSSR count). The van der Waals surface area contributed by atoms with Crippen LogP contribution in [0.25, 0.3) is 92.7 Å². The van der Waals surface area contributed by atoms with Crippen molar-refractivity contribution < 1.29 is 0 Å². The van der Waals surface area contributed by atoms with Crippen LogP contribution >= 0.6 is 0 Å². The fraction of sp³-hybridized carbons (Fsp3) is 0. The maximum Gasteiger partial charge on any atom is 0.0541 e. The van der Waals surface area contributed by atoms with E-state index in [9.17, 15) is 0 Å². The minimum atomic E-state index is 1.16. The van der Waals surface area contributed by atoms with E-state index in [0.29, 0.717) is 0 Å². The Balaban J connectivity index is 1.21. The summed E-state index contributed by atoms with van der Waals surface area (Å²) >= 11 is 0. The predicted octanol–water partition coefficient (Wildman–Crippen LogP) is 11.5. The number of H-pyrrole nitrogens is 1. The SMILES string of the molecule is c1ccc(-n2c3ccccc3c3cc(-c4ccc5[nH]c6cc7c8ccccc8c8ccccc8c7cc6c5c4)ccc32)cc1. The van der Waals surface area contributed by atoms with Crippen molar-refractivity contribution in [2.75, 3.05) is 0 Å². The van der Waals surface area contributed by atoms with E-state index in [1.807, 2.05) is 0 Å². The van der Waals surface area contributed by atoms with Gasteiger partial charge in [-0.3, -0.25) is 0 Å². The molecule has 0 spiro atoms. The van der Waals surface area contributed by atoms with Crippen LogP contribution in [-0.2, 0) is 0 Å². The number of para-hydroxylation sites is 2. The summed E-state index contributed by atoms with van der Waals surface area (Å²) in [7, 11) is 0. The van der Waals surface area contributed by atoms with Gasteiger partial charge in [0.25, 0.3) is 0 Å². The van der Waals surface area contributed by atoms with Crippen molar-refractivity contribution in [3.63, 3.8) is 0 Å². The number of nitrogens with zero attached hydrogens (tertiary/aromatic N) is 1. The molecule has 8 aromatic carbocycles. The van der Waals surface area contributed by atoms with Crippen molar-refractivity contribution in [3.05, 3.63) is 152 Å². The molecule has 0 unspecified atom stereocenters. The fourth-order valence-corrected chi connectivity index (χ4v) is 7.49. The number of fused-ring (bicyclic) bond motifs is 12. The van der Waals surface area contributed by atoms with Gasteiger partial charge in [0, 0.05) is 38.3 Å². The van der Waals surface area contributed by atoms with Gasteiger partial charge in [0.05, 0.1) is 11.0 Å². The van der Waals surface area contributed by atoms with Gasteiger partial charge in [0.2, 0.25) is 0 Å². The zero-order chi connectivity index (χ0) is 28.8. The number of hydrogen-bond donors (Lipinski definition) is 1. The number of nitrogens with one attached hydrogen (secondary N) is 1. The molecule has 1 N–H and O–H groups in total. The first-order valence-electron chi connectivity index (χ1n) is 15.2. The molecule has 0 saturated carbocycles. The van der Waals surface area contributed by atoms with E-state index < -0.39 is 0 Å². The average Bonchev–Trinajstić information content (AvgIpc) is 3.62. The van der Waals surface area contributed by atoms with Gasteiger partial charge in [0.1, 0.15) is 0 Å². The van der Waals surface area contributed by atoms with Crippen LogP contribution in [0.15, 0.2) is 152 Å². The van der Waals surface area contributed by atoms with Crippen molar-refractivity contribution in [2.24, 2.45) is 0 Å². The summed E-state index contributed by atoms with van der Waals surface area (Å²) in [4.78, 5) is 3.73. The second kappa shape index (κ2) is 8.82. The smallest absolute Gasteiger partial charge is 0.0541 e. The lowest BCUT2D eigenvalue weighted by molar-refractivity contribution is 1.18. The summed E-state index contributed by atoms with van der Waals surface area (Å²) in [5.74, 6) is 0. The molecule has 2 heteroatoms. The third kappa shape index (κ3) is 3.25. The van der Waals surface area contributed by atoms with Gasteiger partial charge < -0.3 is 9.55 Å². The third-order valence-corrected chi connectivity index (χ3v) is 9.48. The molecule has 0 aliphatic heterocycles. The number of aromatic nitrogens is 2. The lowest BCUT2D eigenvalue weighted by Crippen LogP contribution is -1.92. The number of rotatable bonds is 2. The van der Waals surface area contributed by atoms with Crippen LogP contribution in [0.2, 0.25) is 0 Å². The summed E-state index contributed by atoms with van der Waals surface area (Å²) < 4.78 is 2.37. The highest BCUT2D eigenvalue weighted by molar-refractivity contribution is 6.28. The van der Waals surface area contributed by atoms with E-state index >= 15 is 0 Å². The number of benzene rings is 8. The maximum atomic E-state index is 3.73. The molecule has 0 saturated heterocycles. The van der Waals surface area contributed by atoms with Crippen LogP contribution < -0.4 is 0 Å². The van der Waals surface area contributed by atoms with Gasteiger partial charge in [-0.2, -0.15) is 0 Å².